The van der Waals surface area contributed by atoms with E-state index in [0.717, 1.165) is 19.6 Å². The van der Waals surface area contributed by atoms with Crippen molar-refractivity contribution in [3.8, 4) is 0 Å². The Morgan fingerprint density at radius 1 is 1.17 bits per heavy atom. The molecule has 0 N–H and O–H groups in total. The van der Waals surface area contributed by atoms with Crippen LogP contribution in [-0.2, 0) is 4.79 Å². The Balaban J connectivity index is 0. The van der Waals surface area contributed by atoms with Crippen LogP contribution in [0.5, 0.6) is 0 Å². The molecule has 0 heterocycles. The highest BCUT2D eigenvalue weighted by molar-refractivity contribution is 5.75. The molecule has 0 rings (SSSR count). The zero-order chi connectivity index (χ0) is 9.98. The Labute approximate surface area is 77.0 Å². The van der Waals surface area contributed by atoms with Gasteiger partial charge < -0.3 is 4.90 Å². The Hall–Kier alpha value is -0.370. The summed E-state index contributed by atoms with van der Waals surface area (Å²) >= 11 is 0. The van der Waals surface area contributed by atoms with E-state index >= 15 is 0 Å². The molecule has 0 atom stereocenters. The molecule has 0 aliphatic carbocycles. The van der Waals surface area contributed by atoms with Gasteiger partial charge in [-0.25, -0.2) is 0 Å². The number of rotatable bonds is 5. The second-order valence-electron chi connectivity index (χ2n) is 2.48. The lowest BCUT2D eigenvalue weighted by atomic mass is 10.3. The normalized spacial score (nSPS) is 9.17. The number of hydrogen-bond donors (Lipinski definition) is 0. The van der Waals surface area contributed by atoms with E-state index in [4.69, 9.17) is 0 Å². The molecular weight excluding hydrogens is 150 g/mol. The van der Waals surface area contributed by atoms with Crippen LogP contribution in [0.4, 0.5) is 0 Å². The van der Waals surface area contributed by atoms with Gasteiger partial charge in [0.15, 0.2) is 0 Å². The van der Waals surface area contributed by atoms with Crippen LogP contribution in [0.3, 0.4) is 0 Å². The highest BCUT2D eigenvalue weighted by Crippen LogP contribution is 1.90. The first-order chi connectivity index (χ1) is 5.70. The SMILES string of the molecule is CC.CCN(CC)CCC(C)=O. The molecule has 0 fully saturated rings. The fraction of sp³-hybridized carbons (Fsp3) is 0.900. The van der Waals surface area contributed by atoms with Crippen LogP contribution in [0, 0.1) is 0 Å². The van der Waals surface area contributed by atoms with Crippen molar-refractivity contribution >= 4 is 5.78 Å². The fourth-order valence-corrected chi connectivity index (χ4v) is 0.855. The zero-order valence-corrected chi connectivity index (χ0v) is 9.18. The van der Waals surface area contributed by atoms with Gasteiger partial charge in [0, 0.05) is 13.0 Å². The summed E-state index contributed by atoms with van der Waals surface area (Å²) in [5.41, 5.74) is 0. The maximum Gasteiger partial charge on any atom is 0.131 e. The molecule has 0 aliphatic rings. The number of carbonyl (C=O) groups is 1. The van der Waals surface area contributed by atoms with Crippen molar-refractivity contribution in [2.75, 3.05) is 19.6 Å². The van der Waals surface area contributed by atoms with E-state index < -0.39 is 0 Å². The zero-order valence-electron chi connectivity index (χ0n) is 9.18. The van der Waals surface area contributed by atoms with Gasteiger partial charge in [-0.05, 0) is 20.0 Å². The lowest BCUT2D eigenvalue weighted by Gasteiger charge is -2.16. The highest BCUT2D eigenvalue weighted by atomic mass is 16.1. The molecule has 0 spiro atoms. The number of hydrogen-bond acceptors (Lipinski definition) is 2. The molecule has 2 nitrogen and oxygen atoms in total. The van der Waals surface area contributed by atoms with Crippen molar-refractivity contribution in [3.05, 3.63) is 0 Å². The van der Waals surface area contributed by atoms with E-state index in [0.29, 0.717) is 6.42 Å². The van der Waals surface area contributed by atoms with Crippen molar-refractivity contribution in [2.24, 2.45) is 0 Å². The smallest absolute Gasteiger partial charge is 0.131 e. The Kier molecular flexibility index (Phi) is 12.6. The largest absolute Gasteiger partial charge is 0.303 e. The van der Waals surface area contributed by atoms with Crippen LogP contribution < -0.4 is 0 Å². The average molecular weight is 173 g/mol. The minimum atomic E-state index is 0.284. The van der Waals surface area contributed by atoms with E-state index in [1.54, 1.807) is 6.92 Å². The first-order valence-corrected chi connectivity index (χ1v) is 4.92. The van der Waals surface area contributed by atoms with Crippen molar-refractivity contribution in [1.29, 1.82) is 0 Å². The summed E-state index contributed by atoms with van der Waals surface area (Å²) in [7, 11) is 0. The monoisotopic (exact) mass is 173 g/mol. The van der Waals surface area contributed by atoms with Gasteiger partial charge in [0.2, 0.25) is 0 Å². The molecule has 0 amide bonds. The molecular formula is C10H23NO. The predicted molar refractivity (Wildman–Crippen MR) is 54.4 cm³/mol. The van der Waals surface area contributed by atoms with E-state index in [9.17, 15) is 4.79 Å². The average Bonchev–Trinajstić information content (AvgIpc) is 2.09. The van der Waals surface area contributed by atoms with Crippen molar-refractivity contribution < 1.29 is 4.79 Å². The molecule has 0 aliphatic heterocycles. The van der Waals surface area contributed by atoms with Gasteiger partial charge >= 0.3 is 0 Å². The van der Waals surface area contributed by atoms with Gasteiger partial charge in [-0.15, -0.1) is 0 Å². The van der Waals surface area contributed by atoms with Crippen LogP contribution in [-0.4, -0.2) is 30.3 Å². The number of nitrogens with zero attached hydrogens (tertiary/aromatic N) is 1. The molecule has 0 aromatic carbocycles. The topological polar surface area (TPSA) is 20.3 Å². The summed E-state index contributed by atoms with van der Waals surface area (Å²) in [4.78, 5) is 12.8. The van der Waals surface area contributed by atoms with Crippen LogP contribution in [0.2, 0.25) is 0 Å². The van der Waals surface area contributed by atoms with Crippen molar-refractivity contribution in [3.63, 3.8) is 0 Å². The Bertz CT molecular complexity index is 98.0. The molecule has 0 aromatic rings. The van der Waals surface area contributed by atoms with Crippen LogP contribution >= 0.6 is 0 Å². The maximum atomic E-state index is 10.6. The molecule has 0 saturated heterocycles. The van der Waals surface area contributed by atoms with E-state index in [-0.39, 0.29) is 5.78 Å². The first kappa shape index (κ1) is 14.2. The Morgan fingerprint density at radius 3 is 1.83 bits per heavy atom. The summed E-state index contributed by atoms with van der Waals surface area (Å²) in [5.74, 6) is 0.284. The van der Waals surface area contributed by atoms with Crippen molar-refractivity contribution in [1.82, 2.24) is 4.90 Å². The maximum absolute atomic E-state index is 10.6. The Morgan fingerprint density at radius 2 is 1.58 bits per heavy atom. The van der Waals surface area contributed by atoms with Crippen LogP contribution in [0.1, 0.15) is 41.0 Å². The third-order valence-electron chi connectivity index (χ3n) is 1.67. The van der Waals surface area contributed by atoms with E-state index in [1.165, 1.54) is 0 Å². The second kappa shape index (κ2) is 10.6. The highest BCUT2D eigenvalue weighted by Gasteiger charge is 1.99. The van der Waals surface area contributed by atoms with E-state index in [2.05, 4.69) is 18.7 Å². The summed E-state index contributed by atoms with van der Waals surface area (Å²) in [6.45, 7) is 12.9. The predicted octanol–water partition coefficient (Wildman–Crippen LogP) is 2.33. The third kappa shape index (κ3) is 9.63. The summed E-state index contributed by atoms with van der Waals surface area (Å²) in [6, 6.07) is 0. The minimum Gasteiger partial charge on any atom is -0.303 e. The minimum absolute atomic E-state index is 0.284. The lowest BCUT2D eigenvalue weighted by Crippen LogP contribution is -2.25. The fourth-order valence-electron chi connectivity index (χ4n) is 0.855. The number of Topliss-reactive ketones (excluding diaryl/α,β-unsaturated/α-hetero) is 1. The van der Waals surface area contributed by atoms with Crippen LogP contribution in [0.15, 0.2) is 0 Å². The van der Waals surface area contributed by atoms with Gasteiger partial charge in [-0.2, -0.15) is 0 Å². The molecule has 0 saturated carbocycles. The molecule has 0 unspecified atom stereocenters. The standard InChI is InChI=1S/C8H17NO.C2H6/c1-4-9(5-2)7-6-8(3)10;1-2/h4-7H2,1-3H3;1-2H3. The summed E-state index contributed by atoms with van der Waals surface area (Å²) < 4.78 is 0. The van der Waals surface area contributed by atoms with E-state index in [1.807, 2.05) is 13.8 Å². The molecule has 74 valence electrons. The third-order valence-corrected chi connectivity index (χ3v) is 1.67. The first-order valence-electron chi connectivity index (χ1n) is 4.92. The molecule has 0 bridgehead atoms. The second-order valence-corrected chi connectivity index (χ2v) is 2.48. The van der Waals surface area contributed by atoms with Gasteiger partial charge in [-0.3, -0.25) is 4.79 Å². The quantitative estimate of drug-likeness (QED) is 0.636. The number of ketones is 1. The van der Waals surface area contributed by atoms with Crippen molar-refractivity contribution in [2.45, 2.75) is 41.0 Å². The van der Waals surface area contributed by atoms with Crippen LogP contribution in [0.25, 0.3) is 0 Å². The molecule has 12 heavy (non-hydrogen) atoms. The van der Waals surface area contributed by atoms with Gasteiger partial charge in [0.05, 0.1) is 0 Å². The van der Waals surface area contributed by atoms with Gasteiger partial charge in [-0.1, -0.05) is 27.7 Å². The van der Waals surface area contributed by atoms with Gasteiger partial charge in [0.1, 0.15) is 5.78 Å². The number of carbonyl (C=O) groups excluding carboxylic acids is 1. The lowest BCUT2D eigenvalue weighted by molar-refractivity contribution is -0.117. The molecule has 0 radical (unpaired) electrons. The van der Waals surface area contributed by atoms with Gasteiger partial charge in [0.25, 0.3) is 0 Å². The molecule has 2 heteroatoms. The summed E-state index contributed by atoms with van der Waals surface area (Å²) in [6.07, 6.45) is 0.696. The molecule has 0 aromatic heterocycles. The summed E-state index contributed by atoms with van der Waals surface area (Å²) in [5, 5.41) is 0.